The fourth-order valence-corrected chi connectivity index (χ4v) is 7.86. The summed E-state index contributed by atoms with van der Waals surface area (Å²) in [7, 11) is 0. The minimum atomic E-state index is -0.524. The van der Waals surface area contributed by atoms with Gasteiger partial charge in [-0.05, 0) is 44.9 Å². The number of ether oxygens (including phenoxy) is 3. The summed E-state index contributed by atoms with van der Waals surface area (Å²) in [5.41, 5.74) is 0. The van der Waals surface area contributed by atoms with Crippen LogP contribution in [0.4, 0.5) is 0 Å². The van der Waals surface area contributed by atoms with E-state index in [2.05, 4.69) is 32.9 Å². The fraction of sp³-hybridized carbons (Fsp3) is 0.925. The van der Waals surface area contributed by atoms with Crippen LogP contribution in [-0.4, -0.2) is 37.9 Å². The van der Waals surface area contributed by atoms with E-state index < -0.39 is 6.10 Å². The van der Waals surface area contributed by atoms with Gasteiger partial charge < -0.3 is 14.2 Å². The zero-order valence-electron chi connectivity index (χ0n) is 39.6. The Morgan fingerprint density at radius 1 is 0.362 bits per heavy atom. The fourth-order valence-electron chi connectivity index (χ4n) is 7.86. The predicted molar refractivity (Wildman–Crippen MR) is 252 cm³/mol. The summed E-state index contributed by atoms with van der Waals surface area (Å²) in [4.78, 5) is 25.1. The van der Waals surface area contributed by atoms with Crippen LogP contribution < -0.4 is 0 Å². The van der Waals surface area contributed by atoms with Crippen molar-refractivity contribution in [3.8, 4) is 0 Å². The molecular formula is C53H102O5. The van der Waals surface area contributed by atoms with Crippen LogP contribution in [0.5, 0.6) is 0 Å². The van der Waals surface area contributed by atoms with Gasteiger partial charge in [0.05, 0.1) is 6.61 Å². The highest BCUT2D eigenvalue weighted by Crippen LogP contribution is 2.16. The molecule has 0 amide bonds. The molecule has 5 heteroatoms. The third-order valence-electron chi connectivity index (χ3n) is 11.8. The van der Waals surface area contributed by atoms with Crippen molar-refractivity contribution >= 4 is 11.9 Å². The van der Waals surface area contributed by atoms with Gasteiger partial charge in [0, 0.05) is 19.4 Å². The molecule has 0 aromatic carbocycles. The van der Waals surface area contributed by atoms with Crippen molar-refractivity contribution in [3.63, 3.8) is 0 Å². The number of rotatable bonds is 49. The van der Waals surface area contributed by atoms with Gasteiger partial charge in [0.25, 0.3) is 0 Å². The average molecular weight is 819 g/mol. The highest BCUT2D eigenvalue weighted by atomic mass is 16.6. The van der Waals surface area contributed by atoms with Crippen LogP contribution in [0.15, 0.2) is 12.2 Å². The van der Waals surface area contributed by atoms with Crippen molar-refractivity contribution in [1.29, 1.82) is 0 Å². The standard InChI is InChI=1S/C53H102O5/c1-4-7-10-13-15-17-19-21-23-25-27-28-30-32-34-36-38-41-43-46-52(54)57-50-51(58-53(55)47-44-40-12-9-6-3)49-56-48-45-42-39-37-35-33-31-29-26-24-22-20-18-16-14-11-8-5-2/h21,23,51H,4-20,22,24-50H2,1-3H3/b23-21-. The largest absolute Gasteiger partial charge is 0.462 e. The third kappa shape index (κ3) is 47.3. The van der Waals surface area contributed by atoms with Crippen LogP contribution in [-0.2, 0) is 23.8 Å². The van der Waals surface area contributed by atoms with E-state index in [1.807, 2.05) is 0 Å². The molecule has 0 bridgehead atoms. The van der Waals surface area contributed by atoms with Crippen LogP contribution in [0.2, 0.25) is 0 Å². The molecule has 0 aliphatic heterocycles. The van der Waals surface area contributed by atoms with Crippen molar-refractivity contribution in [2.45, 2.75) is 297 Å². The van der Waals surface area contributed by atoms with E-state index in [0.717, 1.165) is 38.5 Å². The number of hydrogen-bond acceptors (Lipinski definition) is 5. The summed E-state index contributed by atoms with van der Waals surface area (Å²) in [5, 5.41) is 0. The van der Waals surface area contributed by atoms with Gasteiger partial charge in [-0.25, -0.2) is 0 Å². The molecule has 0 aromatic heterocycles. The minimum absolute atomic E-state index is 0.0917. The van der Waals surface area contributed by atoms with Crippen LogP contribution in [0, 0.1) is 0 Å². The lowest BCUT2D eigenvalue weighted by molar-refractivity contribution is -0.163. The molecule has 0 saturated carbocycles. The molecule has 0 fully saturated rings. The van der Waals surface area contributed by atoms with Crippen molar-refractivity contribution in [2.24, 2.45) is 0 Å². The summed E-state index contributed by atoms with van der Waals surface area (Å²) < 4.78 is 17.3. The Morgan fingerprint density at radius 3 is 1.05 bits per heavy atom. The van der Waals surface area contributed by atoms with E-state index in [1.54, 1.807) is 0 Å². The zero-order valence-corrected chi connectivity index (χ0v) is 39.6. The van der Waals surface area contributed by atoms with E-state index in [-0.39, 0.29) is 18.5 Å². The number of esters is 2. The SMILES string of the molecule is CCCCCCCC/C=C\CCCCCCCCCCCC(=O)OCC(COCCCCCCCCCCCCCCCCCCCC)OC(=O)CCCCCCC. The lowest BCUT2D eigenvalue weighted by atomic mass is 10.0. The van der Waals surface area contributed by atoms with Crippen LogP contribution in [0.25, 0.3) is 0 Å². The lowest BCUT2D eigenvalue weighted by Crippen LogP contribution is -2.30. The molecule has 0 radical (unpaired) electrons. The Morgan fingerprint density at radius 2 is 0.672 bits per heavy atom. The summed E-state index contributed by atoms with van der Waals surface area (Å²) >= 11 is 0. The van der Waals surface area contributed by atoms with Crippen LogP contribution in [0.1, 0.15) is 290 Å². The maximum Gasteiger partial charge on any atom is 0.306 e. The van der Waals surface area contributed by atoms with E-state index in [0.29, 0.717) is 26.1 Å². The quantitative estimate of drug-likeness (QED) is 0.0348. The molecule has 0 heterocycles. The van der Waals surface area contributed by atoms with Gasteiger partial charge in [0.15, 0.2) is 6.10 Å². The summed E-state index contributed by atoms with van der Waals surface area (Å²) in [5.74, 6) is -0.393. The second-order valence-electron chi connectivity index (χ2n) is 17.8. The van der Waals surface area contributed by atoms with Crippen molar-refractivity contribution in [1.82, 2.24) is 0 Å². The number of carbonyl (C=O) groups is 2. The second-order valence-corrected chi connectivity index (χ2v) is 17.8. The van der Waals surface area contributed by atoms with Gasteiger partial charge in [0.1, 0.15) is 6.61 Å². The molecule has 1 unspecified atom stereocenters. The molecule has 0 aliphatic carbocycles. The summed E-state index contributed by atoms with van der Waals surface area (Å²) in [6, 6.07) is 0. The van der Waals surface area contributed by atoms with Gasteiger partial charge in [0.2, 0.25) is 0 Å². The van der Waals surface area contributed by atoms with E-state index in [1.165, 1.54) is 218 Å². The molecule has 344 valence electrons. The predicted octanol–water partition coefficient (Wildman–Crippen LogP) is 17.5. The van der Waals surface area contributed by atoms with Crippen molar-refractivity contribution in [3.05, 3.63) is 12.2 Å². The zero-order chi connectivity index (χ0) is 42.1. The molecule has 0 N–H and O–H groups in total. The van der Waals surface area contributed by atoms with Gasteiger partial charge in [-0.3, -0.25) is 9.59 Å². The maximum absolute atomic E-state index is 12.6. The Kier molecular flexibility index (Phi) is 48.8. The Labute approximate surface area is 363 Å². The molecule has 58 heavy (non-hydrogen) atoms. The highest BCUT2D eigenvalue weighted by molar-refractivity contribution is 5.70. The molecular weight excluding hydrogens is 717 g/mol. The maximum atomic E-state index is 12.6. The molecule has 5 nitrogen and oxygen atoms in total. The summed E-state index contributed by atoms with van der Waals surface area (Å²) in [6.07, 6.45) is 56.8. The van der Waals surface area contributed by atoms with E-state index >= 15 is 0 Å². The smallest absolute Gasteiger partial charge is 0.306 e. The van der Waals surface area contributed by atoms with Gasteiger partial charge in [-0.2, -0.15) is 0 Å². The van der Waals surface area contributed by atoms with Crippen molar-refractivity contribution in [2.75, 3.05) is 19.8 Å². The summed E-state index contributed by atoms with van der Waals surface area (Å²) in [6.45, 7) is 7.81. The molecule has 0 aliphatic rings. The average Bonchev–Trinajstić information content (AvgIpc) is 3.22. The number of unbranched alkanes of at least 4 members (excludes halogenated alkanes) is 36. The van der Waals surface area contributed by atoms with Gasteiger partial charge in [-0.15, -0.1) is 0 Å². The Balaban J connectivity index is 3.94. The van der Waals surface area contributed by atoms with Crippen LogP contribution >= 0.6 is 0 Å². The monoisotopic (exact) mass is 819 g/mol. The number of hydrogen-bond donors (Lipinski definition) is 0. The minimum Gasteiger partial charge on any atom is -0.462 e. The molecule has 0 rings (SSSR count). The van der Waals surface area contributed by atoms with Gasteiger partial charge in [-0.1, -0.05) is 245 Å². The first-order valence-corrected chi connectivity index (χ1v) is 26.2. The number of carbonyl (C=O) groups excluding carboxylic acids is 2. The third-order valence-corrected chi connectivity index (χ3v) is 11.8. The van der Waals surface area contributed by atoms with Crippen molar-refractivity contribution < 1.29 is 23.8 Å². The van der Waals surface area contributed by atoms with E-state index in [4.69, 9.17) is 14.2 Å². The first kappa shape index (κ1) is 56.6. The number of allylic oxidation sites excluding steroid dienone is 2. The second kappa shape index (κ2) is 50.0. The first-order chi connectivity index (χ1) is 28.6. The highest BCUT2D eigenvalue weighted by Gasteiger charge is 2.17. The Bertz CT molecular complexity index is 840. The Hall–Kier alpha value is -1.36. The molecule has 0 saturated heterocycles. The van der Waals surface area contributed by atoms with Gasteiger partial charge >= 0.3 is 11.9 Å². The van der Waals surface area contributed by atoms with Crippen LogP contribution in [0.3, 0.4) is 0 Å². The topological polar surface area (TPSA) is 61.8 Å². The molecule has 1 atom stereocenters. The molecule has 0 aromatic rings. The normalized spacial score (nSPS) is 12.1. The first-order valence-electron chi connectivity index (χ1n) is 26.2. The van der Waals surface area contributed by atoms with E-state index in [9.17, 15) is 9.59 Å². The lowest BCUT2D eigenvalue weighted by Gasteiger charge is -2.18. The molecule has 0 spiro atoms.